The van der Waals surface area contributed by atoms with E-state index in [1.807, 2.05) is 0 Å². The minimum atomic E-state index is -3.79. The van der Waals surface area contributed by atoms with Crippen LogP contribution in [0.2, 0.25) is 5.02 Å². The molecule has 0 aliphatic carbocycles. The number of carbonyl (C=O) groups excluding carboxylic acids is 1. The molecule has 8 nitrogen and oxygen atoms in total. The van der Waals surface area contributed by atoms with Crippen molar-refractivity contribution >= 4 is 33.5 Å². The highest BCUT2D eigenvalue weighted by molar-refractivity contribution is 7.89. The van der Waals surface area contributed by atoms with E-state index in [-0.39, 0.29) is 24.6 Å². The number of sulfonamides is 1. The number of benzene rings is 1. The molecule has 0 unspecified atom stereocenters. The van der Waals surface area contributed by atoms with Gasteiger partial charge in [-0.15, -0.1) is 0 Å². The molecule has 0 aliphatic heterocycles. The van der Waals surface area contributed by atoms with Crippen molar-refractivity contribution in [2.45, 2.75) is 4.90 Å². The van der Waals surface area contributed by atoms with Crippen LogP contribution in [0.5, 0.6) is 0 Å². The van der Waals surface area contributed by atoms with Crippen LogP contribution in [0.15, 0.2) is 29.2 Å². The molecule has 0 spiro atoms. The molecule has 1 amide bonds. The number of likely N-dealkylation sites (N-methyl/N-ethyl adjacent to an activating group) is 1. The molecule has 0 fully saturated rings. The van der Waals surface area contributed by atoms with Gasteiger partial charge in [0.05, 0.1) is 18.0 Å². The fraction of sp³-hybridized carbons (Fsp3) is 0.385. The first kappa shape index (κ1) is 19.4. The molecule has 0 heterocycles. The summed E-state index contributed by atoms with van der Waals surface area (Å²) in [7, 11) is -2.51. The van der Waals surface area contributed by atoms with Gasteiger partial charge >= 0.3 is 5.97 Å². The topological polar surface area (TPSA) is 113 Å². The van der Waals surface area contributed by atoms with E-state index in [1.54, 1.807) is 0 Å². The Kier molecular flexibility index (Phi) is 7.43. The Hall–Kier alpha value is -1.68. The lowest BCUT2D eigenvalue weighted by Gasteiger charge is -2.17. The van der Waals surface area contributed by atoms with E-state index in [4.69, 9.17) is 21.4 Å². The largest absolute Gasteiger partial charge is 0.480 e. The lowest BCUT2D eigenvalue weighted by Crippen LogP contribution is -2.39. The second-order valence-corrected chi connectivity index (χ2v) is 6.99. The molecular formula is C13H17ClN2O6S. The molecule has 23 heavy (non-hydrogen) atoms. The van der Waals surface area contributed by atoms with E-state index in [1.165, 1.54) is 31.3 Å². The van der Waals surface area contributed by atoms with Crippen LogP contribution in [0, 0.1) is 0 Å². The average molecular weight is 365 g/mol. The minimum Gasteiger partial charge on any atom is -0.480 e. The maximum absolute atomic E-state index is 12.2. The third kappa shape index (κ3) is 6.53. The van der Waals surface area contributed by atoms with Gasteiger partial charge in [0.1, 0.15) is 6.61 Å². The predicted molar refractivity (Wildman–Crippen MR) is 82.7 cm³/mol. The monoisotopic (exact) mass is 364 g/mol. The molecule has 0 atom stereocenters. The Balaban J connectivity index is 2.47. The van der Waals surface area contributed by atoms with Crippen molar-refractivity contribution in [2.75, 3.05) is 33.4 Å². The maximum atomic E-state index is 12.2. The zero-order valence-electron chi connectivity index (χ0n) is 12.4. The van der Waals surface area contributed by atoms with Gasteiger partial charge in [0.25, 0.3) is 0 Å². The molecule has 0 saturated carbocycles. The molecule has 1 rings (SSSR count). The highest BCUT2D eigenvalue weighted by atomic mass is 35.5. The molecule has 2 N–H and O–H groups in total. The van der Waals surface area contributed by atoms with Gasteiger partial charge in [-0.2, -0.15) is 4.31 Å². The lowest BCUT2D eigenvalue weighted by atomic mass is 10.4. The molecule has 10 heteroatoms. The van der Waals surface area contributed by atoms with E-state index in [9.17, 15) is 18.0 Å². The van der Waals surface area contributed by atoms with E-state index in [0.29, 0.717) is 5.02 Å². The van der Waals surface area contributed by atoms with Gasteiger partial charge in [0.2, 0.25) is 15.9 Å². The number of carbonyl (C=O) groups is 2. The van der Waals surface area contributed by atoms with Crippen LogP contribution >= 0.6 is 11.6 Å². The number of carboxylic acid groups (broad SMARTS) is 1. The Morgan fingerprint density at radius 3 is 2.48 bits per heavy atom. The van der Waals surface area contributed by atoms with Gasteiger partial charge in [0, 0.05) is 18.6 Å². The first-order valence-electron chi connectivity index (χ1n) is 6.51. The zero-order chi connectivity index (χ0) is 17.5. The fourth-order valence-electron chi connectivity index (χ4n) is 1.55. The lowest BCUT2D eigenvalue weighted by molar-refractivity contribution is -0.142. The molecule has 0 radical (unpaired) electrons. The molecular weight excluding hydrogens is 348 g/mol. The van der Waals surface area contributed by atoms with Crippen molar-refractivity contribution in [3.05, 3.63) is 29.3 Å². The van der Waals surface area contributed by atoms with Crippen LogP contribution < -0.4 is 5.32 Å². The van der Waals surface area contributed by atoms with Crippen molar-refractivity contribution < 1.29 is 27.9 Å². The number of nitrogens with one attached hydrogen (secondary N) is 1. The Morgan fingerprint density at radius 2 is 1.91 bits per heavy atom. The third-order valence-electron chi connectivity index (χ3n) is 2.68. The molecule has 128 valence electrons. The minimum absolute atomic E-state index is 0.0195. The Labute approximate surface area is 139 Å². The van der Waals surface area contributed by atoms with E-state index >= 15 is 0 Å². The summed E-state index contributed by atoms with van der Waals surface area (Å²) in [6, 6.07) is 5.60. The summed E-state index contributed by atoms with van der Waals surface area (Å²) in [5.41, 5.74) is 0. The maximum Gasteiger partial charge on any atom is 0.329 e. The smallest absolute Gasteiger partial charge is 0.329 e. The van der Waals surface area contributed by atoms with Crippen molar-refractivity contribution in [3.8, 4) is 0 Å². The number of hydrogen-bond donors (Lipinski definition) is 2. The van der Waals surface area contributed by atoms with Crippen LogP contribution in [0.3, 0.4) is 0 Å². The summed E-state index contributed by atoms with van der Waals surface area (Å²) < 4.78 is 30.1. The number of amides is 1. The molecule has 0 aromatic heterocycles. The molecule has 0 bridgehead atoms. The fourth-order valence-corrected chi connectivity index (χ4v) is 2.80. The predicted octanol–water partition coefficient (Wildman–Crippen LogP) is 0.178. The van der Waals surface area contributed by atoms with Crippen LogP contribution in [0.25, 0.3) is 0 Å². The first-order chi connectivity index (χ1) is 10.7. The van der Waals surface area contributed by atoms with Gasteiger partial charge < -0.3 is 15.2 Å². The van der Waals surface area contributed by atoms with Crippen LogP contribution in [0.1, 0.15) is 0 Å². The molecule has 0 aliphatic rings. The SMILES string of the molecule is CN(CC(=O)NCCOCC(=O)O)S(=O)(=O)c1ccc(Cl)cc1. The quantitative estimate of drug-likeness (QED) is 0.604. The summed E-state index contributed by atoms with van der Waals surface area (Å²) in [6.45, 7) is -0.725. The standard InChI is InChI=1S/C13H17ClN2O6S/c1-16(8-12(17)15-6-7-22-9-13(18)19)23(20,21)11-4-2-10(14)3-5-11/h2-5H,6-9H2,1H3,(H,15,17)(H,18,19). The molecule has 1 aromatic carbocycles. The normalized spacial score (nSPS) is 11.4. The number of halogens is 1. The molecule has 0 saturated heterocycles. The third-order valence-corrected chi connectivity index (χ3v) is 4.75. The first-order valence-corrected chi connectivity index (χ1v) is 8.33. The number of carboxylic acids is 1. The highest BCUT2D eigenvalue weighted by Gasteiger charge is 2.22. The second-order valence-electron chi connectivity index (χ2n) is 4.51. The number of aliphatic carboxylic acids is 1. The highest BCUT2D eigenvalue weighted by Crippen LogP contribution is 2.17. The zero-order valence-corrected chi connectivity index (χ0v) is 13.9. The van der Waals surface area contributed by atoms with Gasteiger partial charge in [-0.25, -0.2) is 13.2 Å². The number of nitrogens with zero attached hydrogens (tertiary/aromatic N) is 1. The Morgan fingerprint density at radius 1 is 1.30 bits per heavy atom. The Bertz CT molecular complexity index is 647. The van der Waals surface area contributed by atoms with E-state index < -0.39 is 28.5 Å². The second kappa shape index (κ2) is 8.82. The summed E-state index contributed by atoms with van der Waals surface area (Å²) in [5, 5.41) is 11.2. The average Bonchev–Trinajstić information content (AvgIpc) is 2.46. The van der Waals surface area contributed by atoms with Crippen molar-refractivity contribution in [1.82, 2.24) is 9.62 Å². The van der Waals surface area contributed by atoms with E-state index in [2.05, 4.69) is 5.32 Å². The molecule has 1 aromatic rings. The number of rotatable bonds is 9. The van der Waals surface area contributed by atoms with Gasteiger partial charge in [0.15, 0.2) is 0 Å². The van der Waals surface area contributed by atoms with Crippen LogP contribution in [-0.2, 0) is 24.3 Å². The van der Waals surface area contributed by atoms with Crippen molar-refractivity contribution in [1.29, 1.82) is 0 Å². The van der Waals surface area contributed by atoms with Gasteiger partial charge in [-0.1, -0.05) is 11.6 Å². The number of ether oxygens (including phenoxy) is 1. The van der Waals surface area contributed by atoms with Gasteiger partial charge in [-0.3, -0.25) is 4.79 Å². The van der Waals surface area contributed by atoms with E-state index in [0.717, 1.165) is 4.31 Å². The summed E-state index contributed by atoms with van der Waals surface area (Å²) >= 11 is 5.71. The summed E-state index contributed by atoms with van der Waals surface area (Å²) in [4.78, 5) is 21.9. The van der Waals surface area contributed by atoms with Crippen molar-refractivity contribution in [3.63, 3.8) is 0 Å². The van der Waals surface area contributed by atoms with Crippen molar-refractivity contribution in [2.24, 2.45) is 0 Å². The summed E-state index contributed by atoms with van der Waals surface area (Å²) in [6.07, 6.45) is 0. The van der Waals surface area contributed by atoms with Crippen LogP contribution in [0.4, 0.5) is 0 Å². The van der Waals surface area contributed by atoms with Crippen LogP contribution in [-0.4, -0.2) is 63.1 Å². The van der Waals surface area contributed by atoms with Gasteiger partial charge in [-0.05, 0) is 24.3 Å². The summed E-state index contributed by atoms with van der Waals surface area (Å²) in [5.74, 6) is -1.63. The number of hydrogen-bond acceptors (Lipinski definition) is 5.